The Morgan fingerprint density at radius 3 is 1.95 bits per heavy atom. The third kappa shape index (κ3) is 8.94. The average Bonchev–Trinajstić information content (AvgIpc) is 2.40. The molecule has 0 aromatic heterocycles. The summed E-state index contributed by atoms with van der Waals surface area (Å²) in [5.74, 6) is -0.351. The number of esters is 2. The first kappa shape index (κ1) is 18.9. The molecule has 0 amide bonds. The number of hydrogen-bond acceptors (Lipinski definition) is 4. The van der Waals surface area contributed by atoms with Crippen molar-refractivity contribution in [3.63, 3.8) is 0 Å². The topological polar surface area (TPSA) is 52.6 Å². The first-order chi connectivity index (χ1) is 9.40. The molecule has 0 heterocycles. The first-order valence-electron chi connectivity index (χ1n) is 7.79. The molecular weight excluding hydrogens is 256 g/mol. The maximum Gasteiger partial charge on any atom is 0.306 e. The summed E-state index contributed by atoms with van der Waals surface area (Å²) in [6.45, 7) is 9.96. The zero-order valence-electron chi connectivity index (χ0n) is 13.6. The highest BCUT2D eigenvalue weighted by Gasteiger charge is 2.16. The minimum Gasteiger partial charge on any atom is -0.462 e. The summed E-state index contributed by atoms with van der Waals surface area (Å²) in [5.41, 5.74) is 0. The molecule has 118 valence electrons. The predicted octanol–water partition coefficient (Wildman–Crippen LogP) is 3.87. The van der Waals surface area contributed by atoms with E-state index in [0.717, 1.165) is 25.7 Å². The van der Waals surface area contributed by atoms with Gasteiger partial charge in [-0.1, -0.05) is 40.5 Å². The average molecular weight is 286 g/mol. The van der Waals surface area contributed by atoms with Crippen molar-refractivity contribution in [2.75, 3.05) is 0 Å². The summed E-state index contributed by atoms with van der Waals surface area (Å²) in [4.78, 5) is 23.2. The summed E-state index contributed by atoms with van der Waals surface area (Å²) >= 11 is 0. The number of carbonyl (C=O) groups excluding carboxylic acids is 2. The van der Waals surface area contributed by atoms with Crippen molar-refractivity contribution < 1.29 is 19.1 Å². The highest BCUT2D eigenvalue weighted by Crippen LogP contribution is 2.11. The van der Waals surface area contributed by atoms with E-state index < -0.39 is 0 Å². The van der Waals surface area contributed by atoms with Crippen molar-refractivity contribution in [1.29, 1.82) is 0 Å². The van der Waals surface area contributed by atoms with Gasteiger partial charge in [0, 0.05) is 0 Å². The van der Waals surface area contributed by atoms with Gasteiger partial charge >= 0.3 is 11.9 Å². The number of carbonyl (C=O) groups is 2. The van der Waals surface area contributed by atoms with Crippen molar-refractivity contribution in [1.82, 2.24) is 0 Å². The van der Waals surface area contributed by atoms with Gasteiger partial charge in [-0.3, -0.25) is 9.59 Å². The minimum absolute atomic E-state index is 0.0203. The molecule has 4 nitrogen and oxygen atoms in total. The van der Waals surface area contributed by atoms with Gasteiger partial charge in [0.05, 0.1) is 12.8 Å². The lowest BCUT2D eigenvalue weighted by molar-refractivity contribution is -0.156. The maximum absolute atomic E-state index is 11.7. The van der Waals surface area contributed by atoms with E-state index in [0.29, 0.717) is 0 Å². The Kier molecular flexibility index (Phi) is 10.1. The van der Waals surface area contributed by atoms with E-state index in [1.807, 2.05) is 27.7 Å². The van der Waals surface area contributed by atoms with Crippen molar-refractivity contribution in [3.05, 3.63) is 0 Å². The largest absolute Gasteiger partial charge is 0.462 e. The normalized spacial score (nSPS) is 13.9. The molecule has 0 aliphatic carbocycles. The van der Waals surface area contributed by atoms with Crippen LogP contribution in [0.4, 0.5) is 0 Å². The molecule has 0 aromatic rings. The van der Waals surface area contributed by atoms with Gasteiger partial charge in [-0.25, -0.2) is 0 Å². The molecule has 4 heteroatoms. The Balaban J connectivity index is 3.94. The van der Waals surface area contributed by atoms with E-state index in [9.17, 15) is 9.59 Å². The van der Waals surface area contributed by atoms with Crippen LogP contribution in [0.15, 0.2) is 0 Å². The fourth-order valence-corrected chi connectivity index (χ4v) is 1.63. The summed E-state index contributed by atoms with van der Waals surface area (Å²) < 4.78 is 10.6. The van der Waals surface area contributed by atoms with Crippen molar-refractivity contribution in [3.8, 4) is 0 Å². The van der Waals surface area contributed by atoms with E-state index in [1.165, 1.54) is 0 Å². The molecule has 0 aliphatic rings. The van der Waals surface area contributed by atoms with Gasteiger partial charge < -0.3 is 9.47 Å². The first-order valence-corrected chi connectivity index (χ1v) is 7.79. The predicted molar refractivity (Wildman–Crippen MR) is 79.3 cm³/mol. The molecular formula is C16H30O4. The van der Waals surface area contributed by atoms with E-state index in [-0.39, 0.29) is 42.9 Å². The monoisotopic (exact) mass is 286 g/mol. The fourth-order valence-electron chi connectivity index (χ4n) is 1.63. The van der Waals surface area contributed by atoms with Gasteiger partial charge in [0.2, 0.25) is 0 Å². The van der Waals surface area contributed by atoms with Crippen LogP contribution < -0.4 is 0 Å². The second kappa shape index (κ2) is 10.7. The fraction of sp³-hybridized carbons (Fsp3) is 0.875. The number of unbranched alkanes of at least 4 members (excludes halogenated alkanes) is 1. The van der Waals surface area contributed by atoms with Crippen LogP contribution in [0.2, 0.25) is 0 Å². The van der Waals surface area contributed by atoms with Gasteiger partial charge in [0.1, 0.15) is 12.2 Å². The summed E-state index contributed by atoms with van der Waals surface area (Å²) in [7, 11) is 0. The van der Waals surface area contributed by atoms with Gasteiger partial charge in [-0.2, -0.15) is 0 Å². The van der Waals surface area contributed by atoms with Crippen LogP contribution in [0.3, 0.4) is 0 Å². The van der Waals surface area contributed by atoms with E-state index >= 15 is 0 Å². The van der Waals surface area contributed by atoms with Crippen molar-refractivity contribution in [2.24, 2.45) is 5.92 Å². The lowest BCUT2D eigenvalue weighted by atomic mass is 10.1. The summed E-state index contributed by atoms with van der Waals surface area (Å²) in [6.07, 6.45) is 3.92. The molecule has 0 saturated heterocycles. The number of hydrogen-bond donors (Lipinski definition) is 0. The SMILES string of the molecule is CCCCC(CC)OC(=O)CCC(=O)OC(C)C(C)C. The Morgan fingerprint density at radius 2 is 1.50 bits per heavy atom. The lowest BCUT2D eigenvalue weighted by Gasteiger charge is -2.17. The third-order valence-corrected chi connectivity index (χ3v) is 3.42. The van der Waals surface area contributed by atoms with Crippen LogP contribution in [0.5, 0.6) is 0 Å². The van der Waals surface area contributed by atoms with Crippen LogP contribution in [-0.4, -0.2) is 24.1 Å². The molecule has 0 aromatic carbocycles. The van der Waals surface area contributed by atoms with Crippen LogP contribution in [0.25, 0.3) is 0 Å². The lowest BCUT2D eigenvalue weighted by Crippen LogP contribution is -2.22. The van der Waals surface area contributed by atoms with Crippen molar-refractivity contribution >= 4 is 11.9 Å². The van der Waals surface area contributed by atoms with Gasteiger partial charge in [-0.15, -0.1) is 0 Å². The van der Waals surface area contributed by atoms with E-state index in [2.05, 4.69) is 6.92 Å². The zero-order chi connectivity index (χ0) is 15.5. The smallest absolute Gasteiger partial charge is 0.306 e. The van der Waals surface area contributed by atoms with Gasteiger partial charge in [-0.05, 0) is 25.7 Å². The van der Waals surface area contributed by atoms with Gasteiger partial charge in [0.15, 0.2) is 0 Å². The second-order valence-electron chi connectivity index (χ2n) is 5.60. The standard InChI is InChI=1S/C16H30O4/c1-6-8-9-14(7-2)20-16(18)11-10-15(17)19-13(5)12(3)4/h12-14H,6-11H2,1-5H3. The minimum atomic E-state index is -0.329. The molecule has 0 saturated carbocycles. The van der Waals surface area contributed by atoms with Crippen LogP contribution in [0.1, 0.15) is 73.1 Å². The number of ether oxygens (including phenoxy) is 2. The summed E-state index contributed by atoms with van der Waals surface area (Å²) in [6, 6.07) is 0. The molecule has 2 unspecified atom stereocenters. The Hall–Kier alpha value is -1.06. The van der Waals surface area contributed by atoms with Crippen LogP contribution >= 0.6 is 0 Å². The molecule has 0 fully saturated rings. The Labute approximate surface area is 123 Å². The second-order valence-corrected chi connectivity index (χ2v) is 5.60. The van der Waals surface area contributed by atoms with Crippen molar-refractivity contribution in [2.45, 2.75) is 85.4 Å². The number of rotatable bonds is 10. The Morgan fingerprint density at radius 1 is 0.950 bits per heavy atom. The molecule has 0 rings (SSSR count). The highest BCUT2D eigenvalue weighted by molar-refractivity contribution is 5.77. The Bertz CT molecular complexity index is 286. The molecule has 20 heavy (non-hydrogen) atoms. The quantitative estimate of drug-likeness (QED) is 0.572. The molecule has 2 atom stereocenters. The molecule has 0 N–H and O–H groups in total. The van der Waals surface area contributed by atoms with E-state index in [4.69, 9.17) is 9.47 Å². The van der Waals surface area contributed by atoms with Gasteiger partial charge in [0.25, 0.3) is 0 Å². The van der Waals surface area contributed by atoms with Crippen LogP contribution in [-0.2, 0) is 19.1 Å². The molecule has 0 radical (unpaired) electrons. The summed E-state index contributed by atoms with van der Waals surface area (Å²) in [5, 5.41) is 0. The molecule has 0 bridgehead atoms. The highest BCUT2D eigenvalue weighted by atomic mass is 16.5. The zero-order valence-corrected chi connectivity index (χ0v) is 13.6. The van der Waals surface area contributed by atoms with Crippen LogP contribution in [0, 0.1) is 5.92 Å². The third-order valence-electron chi connectivity index (χ3n) is 3.42. The van der Waals surface area contributed by atoms with E-state index in [1.54, 1.807) is 0 Å². The molecule has 0 aliphatic heterocycles. The maximum atomic E-state index is 11.7. The molecule has 0 spiro atoms.